The summed E-state index contributed by atoms with van der Waals surface area (Å²) in [5.74, 6) is 1.31. The minimum absolute atomic E-state index is 0.0307. The van der Waals surface area contributed by atoms with Crippen LogP contribution in [-0.4, -0.2) is 22.2 Å². The van der Waals surface area contributed by atoms with Crippen molar-refractivity contribution in [3.8, 4) is 22.2 Å². The predicted molar refractivity (Wildman–Crippen MR) is 89.3 cm³/mol. The maximum atomic E-state index is 10.9. The van der Waals surface area contributed by atoms with Crippen LogP contribution in [0.15, 0.2) is 38.6 Å². The van der Waals surface area contributed by atoms with Crippen LogP contribution < -0.4 is 9.47 Å². The molecule has 24 heavy (non-hydrogen) atoms. The minimum Gasteiger partial charge on any atom is -0.493 e. The van der Waals surface area contributed by atoms with Gasteiger partial charge in [0.15, 0.2) is 18.1 Å². The van der Waals surface area contributed by atoms with Crippen molar-refractivity contribution >= 4 is 33.0 Å². The third kappa shape index (κ3) is 3.54. The highest BCUT2D eigenvalue weighted by Gasteiger charge is 2.15. The zero-order valence-corrected chi connectivity index (χ0v) is 14.7. The van der Waals surface area contributed by atoms with E-state index in [1.54, 1.807) is 0 Å². The molecule has 1 aromatic carbocycles. The Kier molecular flexibility index (Phi) is 4.76. The molecule has 8 nitrogen and oxygen atoms in total. The van der Waals surface area contributed by atoms with Crippen LogP contribution in [0.1, 0.15) is 5.89 Å². The Morgan fingerprint density at radius 1 is 1.38 bits per heavy atom. The first-order valence-corrected chi connectivity index (χ1v) is 8.26. The molecule has 124 valence electrons. The summed E-state index contributed by atoms with van der Waals surface area (Å²) >= 11 is 4.84. The van der Waals surface area contributed by atoms with E-state index in [1.807, 2.05) is 11.4 Å². The van der Waals surface area contributed by atoms with Gasteiger partial charge in [-0.05, 0) is 28.1 Å². The van der Waals surface area contributed by atoms with E-state index in [0.29, 0.717) is 11.6 Å². The van der Waals surface area contributed by atoms with Crippen LogP contribution in [0.3, 0.4) is 0 Å². The van der Waals surface area contributed by atoms with Gasteiger partial charge in [0.25, 0.3) is 11.6 Å². The highest BCUT2D eigenvalue weighted by Crippen LogP contribution is 2.32. The van der Waals surface area contributed by atoms with Gasteiger partial charge >= 0.3 is 0 Å². The fourth-order valence-corrected chi connectivity index (χ4v) is 3.23. The summed E-state index contributed by atoms with van der Waals surface area (Å²) in [7, 11) is 1.45. The van der Waals surface area contributed by atoms with Crippen LogP contribution in [0, 0.1) is 10.1 Å². The Hall–Kier alpha value is -2.46. The van der Waals surface area contributed by atoms with E-state index in [4.69, 9.17) is 14.0 Å². The van der Waals surface area contributed by atoms with E-state index in [9.17, 15) is 10.1 Å². The lowest BCUT2D eigenvalue weighted by atomic mass is 10.3. The van der Waals surface area contributed by atoms with Gasteiger partial charge < -0.3 is 14.0 Å². The maximum absolute atomic E-state index is 10.9. The summed E-state index contributed by atoms with van der Waals surface area (Å²) in [5, 5.41) is 16.7. The molecule has 3 aromatic rings. The normalized spacial score (nSPS) is 10.6. The summed E-state index contributed by atoms with van der Waals surface area (Å²) in [6.07, 6.45) is 0. The molecule has 0 aliphatic carbocycles. The summed E-state index contributed by atoms with van der Waals surface area (Å²) in [4.78, 5) is 15.4. The minimum atomic E-state index is -0.508. The fourth-order valence-electron chi connectivity index (χ4n) is 1.88. The number of thiophene rings is 1. The first-order valence-electron chi connectivity index (χ1n) is 6.59. The summed E-state index contributed by atoms with van der Waals surface area (Å²) in [6.45, 7) is -0.0307. The quantitative estimate of drug-likeness (QED) is 0.445. The van der Waals surface area contributed by atoms with Gasteiger partial charge in [0.1, 0.15) is 0 Å². The number of non-ortho nitro benzene ring substituents is 1. The van der Waals surface area contributed by atoms with Gasteiger partial charge in [0.05, 0.1) is 23.0 Å². The molecular weight excluding hydrogens is 402 g/mol. The fraction of sp³-hybridized carbons (Fsp3) is 0.143. The molecular formula is C14H10BrN3O5S. The molecule has 2 aromatic heterocycles. The SMILES string of the molecule is COc1ccc([N+](=O)[O-])cc1OCc1nc(-c2cc(Br)cs2)no1. The molecule has 0 aliphatic rings. The Labute approximate surface area is 148 Å². The van der Waals surface area contributed by atoms with E-state index in [0.717, 1.165) is 9.35 Å². The highest BCUT2D eigenvalue weighted by atomic mass is 79.9. The number of nitro groups is 1. The number of methoxy groups -OCH3 is 1. The summed E-state index contributed by atoms with van der Waals surface area (Å²) < 4.78 is 16.7. The number of halogens is 1. The smallest absolute Gasteiger partial charge is 0.273 e. The number of benzene rings is 1. The highest BCUT2D eigenvalue weighted by molar-refractivity contribution is 9.10. The van der Waals surface area contributed by atoms with Crippen molar-refractivity contribution in [2.24, 2.45) is 0 Å². The molecule has 0 spiro atoms. The topological polar surface area (TPSA) is 101 Å². The van der Waals surface area contributed by atoms with E-state index >= 15 is 0 Å². The van der Waals surface area contributed by atoms with Gasteiger partial charge in [0, 0.05) is 15.9 Å². The lowest BCUT2D eigenvalue weighted by molar-refractivity contribution is -0.385. The van der Waals surface area contributed by atoms with Crippen LogP contribution in [0.4, 0.5) is 5.69 Å². The predicted octanol–water partition coefficient (Wildman–Crippen LogP) is 4.06. The van der Waals surface area contributed by atoms with Crippen molar-refractivity contribution in [3.63, 3.8) is 0 Å². The molecule has 0 atom stereocenters. The molecule has 3 rings (SSSR count). The van der Waals surface area contributed by atoms with E-state index < -0.39 is 4.92 Å². The van der Waals surface area contributed by atoms with Crippen molar-refractivity contribution in [3.05, 3.63) is 50.1 Å². The maximum Gasteiger partial charge on any atom is 0.273 e. The molecule has 0 N–H and O–H groups in total. The molecule has 2 heterocycles. The van der Waals surface area contributed by atoms with Crippen LogP contribution in [0.2, 0.25) is 0 Å². The number of hydrogen-bond donors (Lipinski definition) is 0. The van der Waals surface area contributed by atoms with Crippen molar-refractivity contribution in [1.29, 1.82) is 0 Å². The first kappa shape index (κ1) is 16.4. The second-order valence-electron chi connectivity index (χ2n) is 4.52. The first-order chi connectivity index (χ1) is 11.6. The standard InChI is InChI=1S/C14H10BrN3O5S/c1-21-10-3-2-9(18(19)20)5-11(10)22-6-13-16-14(17-23-13)12-4-8(15)7-24-12/h2-5,7H,6H2,1H3. The van der Waals surface area contributed by atoms with Crippen molar-refractivity contribution < 1.29 is 18.9 Å². The molecule has 0 bridgehead atoms. The lowest BCUT2D eigenvalue weighted by Crippen LogP contribution is -1.99. The molecule has 0 amide bonds. The molecule has 10 heteroatoms. The Balaban J connectivity index is 1.75. The van der Waals surface area contributed by atoms with Crippen molar-refractivity contribution in [1.82, 2.24) is 10.1 Å². The van der Waals surface area contributed by atoms with Crippen molar-refractivity contribution in [2.75, 3.05) is 7.11 Å². The van der Waals surface area contributed by atoms with Gasteiger partial charge in [-0.25, -0.2) is 0 Å². The lowest BCUT2D eigenvalue weighted by Gasteiger charge is -2.08. The van der Waals surface area contributed by atoms with Gasteiger partial charge in [-0.2, -0.15) is 4.98 Å². The monoisotopic (exact) mass is 411 g/mol. The van der Waals surface area contributed by atoms with Crippen LogP contribution in [0.5, 0.6) is 11.5 Å². The third-order valence-corrected chi connectivity index (χ3v) is 4.65. The Morgan fingerprint density at radius 3 is 2.88 bits per heavy atom. The van der Waals surface area contributed by atoms with Gasteiger partial charge in [-0.3, -0.25) is 10.1 Å². The molecule has 0 unspecified atom stereocenters. The van der Waals surface area contributed by atoms with Crippen molar-refractivity contribution in [2.45, 2.75) is 6.61 Å². The average Bonchev–Trinajstić information content (AvgIpc) is 3.21. The molecule has 0 radical (unpaired) electrons. The number of rotatable bonds is 6. The van der Waals surface area contributed by atoms with Crippen LogP contribution >= 0.6 is 27.3 Å². The Bertz CT molecular complexity index is 879. The number of aromatic nitrogens is 2. The second-order valence-corrected chi connectivity index (χ2v) is 6.35. The van der Waals surface area contributed by atoms with Gasteiger partial charge in [-0.15, -0.1) is 11.3 Å². The van der Waals surface area contributed by atoms with Crippen LogP contribution in [0.25, 0.3) is 10.7 Å². The largest absolute Gasteiger partial charge is 0.493 e. The molecule has 0 saturated carbocycles. The Morgan fingerprint density at radius 2 is 2.21 bits per heavy atom. The number of ether oxygens (including phenoxy) is 2. The van der Waals surface area contributed by atoms with Gasteiger partial charge in [-0.1, -0.05) is 5.16 Å². The zero-order chi connectivity index (χ0) is 17.1. The van der Waals surface area contributed by atoms with E-state index in [1.165, 1.54) is 36.6 Å². The zero-order valence-electron chi connectivity index (χ0n) is 12.3. The average molecular weight is 412 g/mol. The summed E-state index contributed by atoms with van der Waals surface area (Å²) in [5.41, 5.74) is -0.0968. The van der Waals surface area contributed by atoms with E-state index in [-0.39, 0.29) is 23.9 Å². The third-order valence-electron chi connectivity index (χ3n) is 2.97. The van der Waals surface area contributed by atoms with E-state index in [2.05, 4.69) is 26.1 Å². The van der Waals surface area contributed by atoms with Crippen LogP contribution in [-0.2, 0) is 6.61 Å². The van der Waals surface area contributed by atoms with Gasteiger partial charge in [0.2, 0.25) is 5.82 Å². The molecule has 0 fully saturated rings. The number of nitro benzene ring substituents is 1. The number of nitrogens with zero attached hydrogens (tertiary/aromatic N) is 3. The molecule has 0 saturated heterocycles. The second kappa shape index (κ2) is 6.97. The summed E-state index contributed by atoms with van der Waals surface area (Å²) in [6, 6.07) is 5.97. The molecule has 0 aliphatic heterocycles. The number of hydrogen-bond acceptors (Lipinski definition) is 8.